The Labute approximate surface area is 408 Å². The molecule has 0 fully saturated rings. The minimum Gasteiger partial charge on any atom is -0.462 e. The molecule has 6 nitrogen and oxygen atoms in total. The van der Waals surface area contributed by atoms with Gasteiger partial charge in [-0.1, -0.05) is 241 Å². The number of hydrogen-bond donors (Lipinski definition) is 0. The number of esters is 3. The normalized spacial score (nSPS) is 12.6. The van der Waals surface area contributed by atoms with Crippen molar-refractivity contribution in [3.05, 3.63) is 72.9 Å². The number of carbonyl (C=O) groups is 3. The SMILES string of the molecule is CC/C=C\C/C=C\C/C=C\C/C=C\CCCCC(=O)OC(COC(=O)CCCCCCC/C=C\C/C=C\CCC)COC(=O)CCCCCCCCCCCCCCCCCCCCCC. The van der Waals surface area contributed by atoms with Crippen LogP contribution in [0.5, 0.6) is 0 Å². The first-order valence-corrected chi connectivity index (χ1v) is 27.9. The van der Waals surface area contributed by atoms with Gasteiger partial charge in [0.15, 0.2) is 6.10 Å². The van der Waals surface area contributed by atoms with Crippen molar-refractivity contribution in [1.82, 2.24) is 0 Å². The molecule has 0 rings (SSSR count). The quantitative estimate of drug-likeness (QED) is 0.0262. The van der Waals surface area contributed by atoms with Crippen LogP contribution in [0.2, 0.25) is 0 Å². The molecule has 0 aliphatic carbocycles. The van der Waals surface area contributed by atoms with Crippen molar-refractivity contribution in [1.29, 1.82) is 0 Å². The molecule has 0 amide bonds. The standard InChI is InChI=1S/C60H104O6/c1-4-7-10-13-16-19-22-25-27-28-29-30-31-33-35-38-41-44-47-50-53-59(62)65-56-57(55-64-58(61)52-49-46-43-40-37-34-24-21-18-15-12-9-6-3)66-60(63)54-51-48-45-42-39-36-32-26-23-20-17-14-11-8-5-2/h8,11-12,15,17,20-21,24,26,32,39,42,57H,4-7,9-10,13-14,16,18-19,22-23,25,27-31,33-38,40-41,43-56H2,1-3H3/b11-8-,15-12-,20-17-,24-21-,32-26-,42-39-. The molecular weight excluding hydrogens is 817 g/mol. The average Bonchev–Trinajstić information content (AvgIpc) is 3.31. The summed E-state index contributed by atoms with van der Waals surface area (Å²) in [6, 6.07) is 0. The van der Waals surface area contributed by atoms with Gasteiger partial charge in [0.05, 0.1) is 0 Å². The summed E-state index contributed by atoms with van der Waals surface area (Å²) < 4.78 is 16.8. The van der Waals surface area contributed by atoms with E-state index >= 15 is 0 Å². The molecule has 0 aromatic carbocycles. The number of carbonyl (C=O) groups excluding carboxylic acids is 3. The maximum atomic E-state index is 12.8. The second-order valence-corrected chi connectivity index (χ2v) is 18.5. The third-order valence-electron chi connectivity index (χ3n) is 11.9. The van der Waals surface area contributed by atoms with Crippen LogP contribution < -0.4 is 0 Å². The minimum absolute atomic E-state index is 0.0948. The summed E-state index contributed by atoms with van der Waals surface area (Å²) in [5.41, 5.74) is 0. The lowest BCUT2D eigenvalue weighted by Gasteiger charge is -2.18. The van der Waals surface area contributed by atoms with Gasteiger partial charge in [0.25, 0.3) is 0 Å². The highest BCUT2D eigenvalue weighted by molar-refractivity contribution is 5.71. The predicted octanol–water partition coefficient (Wildman–Crippen LogP) is 18.6. The molecule has 0 N–H and O–H groups in total. The predicted molar refractivity (Wildman–Crippen MR) is 284 cm³/mol. The lowest BCUT2D eigenvalue weighted by Crippen LogP contribution is -2.30. The molecule has 1 unspecified atom stereocenters. The van der Waals surface area contributed by atoms with E-state index < -0.39 is 6.10 Å². The number of allylic oxidation sites excluding steroid dienone is 12. The van der Waals surface area contributed by atoms with Crippen LogP contribution in [0.1, 0.15) is 271 Å². The monoisotopic (exact) mass is 921 g/mol. The second-order valence-electron chi connectivity index (χ2n) is 18.5. The maximum absolute atomic E-state index is 12.8. The van der Waals surface area contributed by atoms with Gasteiger partial charge in [-0.05, 0) is 83.5 Å². The first-order chi connectivity index (χ1) is 32.5. The van der Waals surface area contributed by atoms with Crippen LogP contribution in [0.25, 0.3) is 0 Å². The summed E-state index contributed by atoms with van der Waals surface area (Å²) in [5, 5.41) is 0. The Kier molecular flexibility index (Phi) is 51.9. The number of rotatable bonds is 50. The first kappa shape index (κ1) is 62.8. The molecule has 380 valence electrons. The van der Waals surface area contributed by atoms with E-state index in [-0.39, 0.29) is 37.5 Å². The van der Waals surface area contributed by atoms with E-state index in [2.05, 4.69) is 93.7 Å². The number of hydrogen-bond acceptors (Lipinski definition) is 6. The van der Waals surface area contributed by atoms with Gasteiger partial charge in [0, 0.05) is 19.3 Å². The van der Waals surface area contributed by atoms with Crippen molar-refractivity contribution in [2.45, 2.75) is 277 Å². The van der Waals surface area contributed by atoms with E-state index in [9.17, 15) is 14.4 Å². The van der Waals surface area contributed by atoms with E-state index in [1.54, 1.807) is 0 Å². The zero-order chi connectivity index (χ0) is 47.9. The van der Waals surface area contributed by atoms with Crippen LogP contribution in [0, 0.1) is 0 Å². The average molecular weight is 921 g/mol. The van der Waals surface area contributed by atoms with Crippen LogP contribution in [-0.4, -0.2) is 37.2 Å². The Balaban J connectivity index is 4.38. The molecule has 0 heterocycles. The molecule has 0 aliphatic heterocycles. The molecular formula is C60H104O6. The van der Waals surface area contributed by atoms with Gasteiger partial charge in [-0.25, -0.2) is 0 Å². The zero-order valence-electron chi connectivity index (χ0n) is 43.4. The molecule has 0 saturated carbocycles. The van der Waals surface area contributed by atoms with Gasteiger partial charge >= 0.3 is 17.9 Å². The van der Waals surface area contributed by atoms with Crippen molar-refractivity contribution in [2.75, 3.05) is 13.2 Å². The molecule has 1 atom stereocenters. The highest BCUT2D eigenvalue weighted by Gasteiger charge is 2.19. The zero-order valence-corrected chi connectivity index (χ0v) is 43.4. The molecule has 66 heavy (non-hydrogen) atoms. The Morgan fingerprint density at radius 2 is 0.621 bits per heavy atom. The fraction of sp³-hybridized carbons (Fsp3) is 0.750. The van der Waals surface area contributed by atoms with E-state index in [1.165, 1.54) is 116 Å². The summed E-state index contributed by atoms with van der Waals surface area (Å²) >= 11 is 0. The van der Waals surface area contributed by atoms with E-state index in [0.717, 1.165) is 109 Å². The Hall–Kier alpha value is -3.15. The molecule has 0 bridgehead atoms. The topological polar surface area (TPSA) is 78.9 Å². The molecule has 0 aliphatic rings. The highest BCUT2D eigenvalue weighted by Crippen LogP contribution is 2.16. The van der Waals surface area contributed by atoms with Gasteiger partial charge in [-0.2, -0.15) is 0 Å². The van der Waals surface area contributed by atoms with Crippen molar-refractivity contribution in [2.24, 2.45) is 0 Å². The van der Waals surface area contributed by atoms with Crippen LogP contribution in [0.15, 0.2) is 72.9 Å². The number of unbranched alkanes of at least 4 members (excludes halogenated alkanes) is 27. The molecule has 0 aromatic rings. The number of ether oxygens (including phenoxy) is 3. The molecule has 0 spiro atoms. The molecule has 0 aromatic heterocycles. The van der Waals surface area contributed by atoms with Crippen molar-refractivity contribution < 1.29 is 28.6 Å². The van der Waals surface area contributed by atoms with Crippen LogP contribution in [-0.2, 0) is 28.6 Å². The van der Waals surface area contributed by atoms with Gasteiger partial charge in [-0.3, -0.25) is 14.4 Å². The van der Waals surface area contributed by atoms with Crippen molar-refractivity contribution in [3.8, 4) is 0 Å². The smallest absolute Gasteiger partial charge is 0.306 e. The summed E-state index contributed by atoms with van der Waals surface area (Å²) in [5.74, 6) is -0.945. The Bertz CT molecular complexity index is 1240. The van der Waals surface area contributed by atoms with Gasteiger partial charge in [0.2, 0.25) is 0 Å². The van der Waals surface area contributed by atoms with Crippen molar-refractivity contribution in [3.63, 3.8) is 0 Å². The van der Waals surface area contributed by atoms with Crippen LogP contribution in [0.3, 0.4) is 0 Å². The van der Waals surface area contributed by atoms with Crippen LogP contribution >= 0.6 is 0 Å². The van der Waals surface area contributed by atoms with Gasteiger partial charge < -0.3 is 14.2 Å². The highest BCUT2D eigenvalue weighted by atomic mass is 16.6. The third kappa shape index (κ3) is 51.8. The maximum Gasteiger partial charge on any atom is 0.306 e. The Morgan fingerprint density at radius 1 is 0.318 bits per heavy atom. The summed E-state index contributed by atoms with van der Waals surface area (Å²) in [6.45, 7) is 6.43. The first-order valence-electron chi connectivity index (χ1n) is 27.9. The molecule has 0 radical (unpaired) electrons. The lowest BCUT2D eigenvalue weighted by molar-refractivity contribution is -0.167. The summed E-state index contributed by atoms with van der Waals surface area (Å²) in [4.78, 5) is 38.1. The fourth-order valence-corrected chi connectivity index (χ4v) is 7.77. The Morgan fingerprint density at radius 3 is 1.02 bits per heavy atom. The summed E-state index contributed by atoms with van der Waals surface area (Å²) in [6.07, 6.45) is 69.0. The fourth-order valence-electron chi connectivity index (χ4n) is 7.77. The minimum atomic E-state index is -0.801. The van der Waals surface area contributed by atoms with Crippen molar-refractivity contribution >= 4 is 17.9 Å². The van der Waals surface area contributed by atoms with Gasteiger partial charge in [0.1, 0.15) is 13.2 Å². The lowest BCUT2D eigenvalue weighted by atomic mass is 10.0. The molecule has 6 heteroatoms. The van der Waals surface area contributed by atoms with Crippen LogP contribution in [0.4, 0.5) is 0 Å². The second kappa shape index (κ2) is 54.5. The largest absolute Gasteiger partial charge is 0.462 e. The third-order valence-corrected chi connectivity index (χ3v) is 11.9. The van der Waals surface area contributed by atoms with E-state index in [4.69, 9.17) is 14.2 Å². The molecule has 0 saturated heterocycles. The van der Waals surface area contributed by atoms with Gasteiger partial charge in [-0.15, -0.1) is 0 Å². The summed E-state index contributed by atoms with van der Waals surface area (Å²) in [7, 11) is 0. The van der Waals surface area contributed by atoms with E-state index in [0.29, 0.717) is 19.3 Å². The van der Waals surface area contributed by atoms with E-state index in [1.807, 2.05) is 0 Å².